The zero-order valence-electron chi connectivity index (χ0n) is 20.2. The van der Waals surface area contributed by atoms with E-state index in [9.17, 15) is 14.3 Å². The number of H-pyrrole nitrogens is 1. The summed E-state index contributed by atoms with van der Waals surface area (Å²) in [7, 11) is 1.87. The Morgan fingerprint density at radius 2 is 1.92 bits per heavy atom. The van der Waals surface area contributed by atoms with Gasteiger partial charge in [0.05, 0.1) is 28.7 Å². The molecule has 0 fully saturated rings. The second-order valence-corrected chi connectivity index (χ2v) is 9.98. The quantitative estimate of drug-likeness (QED) is 0.403. The van der Waals surface area contributed by atoms with Crippen LogP contribution in [0, 0.1) is 5.82 Å². The van der Waals surface area contributed by atoms with Gasteiger partial charge in [0.2, 0.25) is 0 Å². The molecule has 4 aromatic rings. The monoisotopic (exact) mass is 546 g/mol. The molecule has 0 bridgehead atoms. The lowest BCUT2D eigenvalue weighted by Crippen LogP contribution is -2.39. The molecule has 0 saturated heterocycles. The summed E-state index contributed by atoms with van der Waals surface area (Å²) in [6.07, 6.45) is 7.62. The van der Waals surface area contributed by atoms with Crippen molar-refractivity contribution in [2.75, 3.05) is 11.4 Å². The number of aryl methyl sites for hydroxylation is 1. The van der Waals surface area contributed by atoms with E-state index in [1.807, 2.05) is 34.7 Å². The van der Waals surface area contributed by atoms with Crippen molar-refractivity contribution in [3.8, 4) is 17.1 Å². The van der Waals surface area contributed by atoms with Crippen LogP contribution >= 0.6 is 23.2 Å². The first-order valence-electron chi connectivity index (χ1n) is 11.9. The molecule has 0 atom stereocenters. The van der Waals surface area contributed by atoms with Crippen LogP contribution in [0.4, 0.5) is 10.1 Å². The molecule has 2 aliphatic rings. The minimum absolute atomic E-state index is 0.00557. The molecule has 6 rings (SSSR count). The molecule has 1 amide bonds. The van der Waals surface area contributed by atoms with E-state index >= 15 is 0 Å². The van der Waals surface area contributed by atoms with Crippen LogP contribution in [0.5, 0.6) is 5.88 Å². The van der Waals surface area contributed by atoms with Crippen molar-refractivity contribution >= 4 is 52.6 Å². The van der Waals surface area contributed by atoms with Gasteiger partial charge in [0.1, 0.15) is 5.82 Å². The van der Waals surface area contributed by atoms with Gasteiger partial charge in [0.25, 0.3) is 5.91 Å². The number of nitrogens with zero attached hydrogens (tertiary/aromatic N) is 3. The van der Waals surface area contributed by atoms with Crippen molar-refractivity contribution in [1.29, 1.82) is 0 Å². The van der Waals surface area contributed by atoms with Crippen molar-refractivity contribution in [1.82, 2.24) is 9.55 Å². The predicted molar refractivity (Wildman–Crippen MR) is 148 cm³/mol. The lowest BCUT2D eigenvalue weighted by Gasteiger charge is -2.26. The van der Waals surface area contributed by atoms with E-state index in [1.54, 1.807) is 42.6 Å². The number of aromatic hydroxyl groups is 1. The summed E-state index contributed by atoms with van der Waals surface area (Å²) < 4.78 is 15.5. The standard InChI is InChI=1S/C29H21Cl2FN4O2/c1-35-12-10-22(33-25(37)15-16-14-17(30)2-8-21(16)31)20-7-9-24-26-23(34-29(38)27(26)28(20)35)11-13-36(24)19-5-3-18(32)4-6-19/h2-12,14,34,38H,13,15H2,1H3. The number of anilines is 1. The van der Waals surface area contributed by atoms with Gasteiger partial charge in [0.15, 0.2) is 5.88 Å². The molecule has 38 heavy (non-hydrogen) atoms. The Bertz CT molecular complexity index is 1850. The highest BCUT2D eigenvalue weighted by Gasteiger charge is 2.25. The Kier molecular flexibility index (Phi) is 5.97. The van der Waals surface area contributed by atoms with Gasteiger partial charge in [-0.3, -0.25) is 4.79 Å². The third-order valence-corrected chi connectivity index (χ3v) is 7.36. The summed E-state index contributed by atoms with van der Waals surface area (Å²) in [5.41, 5.74) is 4.23. The van der Waals surface area contributed by atoms with E-state index in [2.05, 4.69) is 9.98 Å². The second-order valence-electron chi connectivity index (χ2n) is 9.14. The topological polar surface area (TPSA) is 73.6 Å². The maximum atomic E-state index is 13.6. The third kappa shape index (κ3) is 4.14. The fourth-order valence-electron chi connectivity index (χ4n) is 5.02. The van der Waals surface area contributed by atoms with Gasteiger partial charge in [0, 0.05) is 51.7 Å². The lowest BCUT2D eigenvalue weighted by atomic mass is 10.1. The van der Waals surface area contributed by atoms with Crippen LogP contribution in [-0.4, -0.2) is 27.1 Å². The second kappa shape index (κ2) is 9.35. The minimum Gasteiger partial charge on any atom is -0.494 e. The van der Waals surface area contributed by atoms with Crippen molar-refractivity contribution in [2.45, 2.75) is 6.42 Å². The minimum atomic E-state index is -0.378. The highest BCUT2D eigenvalue weighted by Crippen LogP contribution is 2.31. The number of benzene rings is 2. The molecule has 3 heterocycles. The summed E-state index contributed by atoms with van der Waals surface area (Å²) >= 11 is 12.3. The highest BCUT2D eigenvalue weighted by atomic mass is 35.5. The number of rotatable bonds is 3. The number of pyridine rings is 1. The molecule has 2 N–H and O–H groups in total. The molecule has 9 heteroatoms. The molecule has 0 radical (unpaired) electrons. The average molecular weight is 547 g/mol. The van der Waals surface area contributed by atoms with Gasteiger partial charge < -0.3 is 19.6 Å². The number of halogens is 3. The zero-order chi connectivity index (χ0) is 26.6. The maximum absolute atomic E-state index is 13.6. The summed E-state index contributed by atoms with van der Waals surface area (Å²) in [6, 6.07) is 13.0. The van der Waals surface area contributed by atoms with Gasteiger partial charge in [-0.1, -0.05) is 23.2 Å². The zero-order valence-corrected chi connectivity index (χ0v) is 21.7. The van der Waals surface area contributed by atoms with E-state index in [0.717, 1.165) is 22.0 Å². The molecule has 1 aliphatic carbocycles. The molecule has 0 unspecified atom stereocenters. The Morgan fingerprint density at radius 3 is 2.71 bits per heavy atom. The molecule has 2 aromatic heterocycles. The summed E-state index contributed by atoms with van der Waals surface area (Å²) in [5.74, 6) is -0.678. The van der Waals surface area contributed by atoms with Crippen LogP contribution in [0.15, 0.2) is 65.8 Å². The molecular weight excluding hydrogens is 526 g/mol. The molecule has 0 saturated carbocycles. The number of aromatic nitrogens is 2. The van der Waals surface area contributed by atoms with E-state index in [4.69, 9.17) is 23.2 Å². The SMILES string of the molecule is Cn1ccc(=NC(=O)Cc2cc(Cl)ccc2Cl)c2c1-c1c(O)[nH]c3c1=C(C=C2)N(c1ccc(F)cc1)CC=3. The number of aromatic amines is 1. The van der Waals surface area contributed by atoms with E-state index in [-0.39, 0.29) is 24.0 Å². The Morgan fingerprint density at radius 1 is 1.13 bits per heavy atom. The number of nitrogens with one attached hydrogen (secondary N) is 1. The largest absolute Gasteiger partial charge is 0.494 e. The smallest absolute Gasteiger partial charge is 0.250 e. The van der Waals surface area contributed by atoms with Crippen LogP contribution in [0.25, 0.3) is 29.1 Å². The Balaban J connectivity index is 1.52. The fourth-order valence-corrected chi connectivity index (χ4v) is 5.40. The number of carbonyl (C=O) groups excluding carboxylic acids is 1. The van der Waals surface area contributed by atoms with Crippen molar-refractivity contribution in [3.63, 3.8) is 0 Å². The summed E-state index contributed by atoms with van der Waals surface area (Å²) in [4.78, 5) is 22.6. The highest BCUT2D eigenvalue weighted by molar-refractivity contribution is 6.33. The third-order valence-electron chi connectivity index (χ3n) is 6.75. The summed E-state index contributed by atoms with van der Waals surface area (Å²) in [6.45, 7) is 0.524. The van der Waals surface area contributed by atoms with Gasteiger partial charge >= 0.3 is 0 Å². The van der Waals surface area contributed by atoms with E-state index < -0.39 is 0 Å². The van der Waals surface area contributed by atoms with Gasteiger partial charge in [-0.2, -0.15) is 0 Å². The van der Waals surface area contributed by atoms with Crippen molar-refractivity contribution in [3.05, 3.63) is 104 Å². The maximum Gasteiger partial charge on any atom is 0.250 e. The molecule has 0 spiro atoms. The van der Waals surface area contributed by atoms with Gasteiger partial charge in [-0.15, -0.1) is 0 Å². The van der Waals surface area contributed by atoms with Gasteiger partial charge in [-0.05, 0) is 72.3 Å². The van der Waals surface area contributed by atoms with Crippen LogP contribution in [-0.2, 0) is 18.3 Å². The average Bonchev–Trinajstić information content (AvgIpc) is 3.10. The van der Waals surface area contributed by atoms with Crippen LogP contribution < -0.4 is 20.8 Å². The Labute approximate surface area is 226 Å². The number of amides is 1. The molecule has 2 aromatic carbocycles. The van der Waals surface area contributed by atoms with Crippen molar-refractivity contribution in [2.24, 2.45) is 12.0 Å². The molecular formula is C29H21Cl2FN4O2. The Hall–Kier alpha value is -4.07. The number of hydrogen-bond acceptors (Lipinski definition) is 3. The molecule has 1 aliphatic heterocycles. The predicted octanol–water partition coefficient (Wildman–Crippen LogP) is 4.28. The number of carbonyl (C=O) groups is 1. The number of hydrogen-bond donors (Lipinski definition) is 2. The normalized spacial score (nSPS) is 14.2. The first kappa shape index (κ1) is 24.3. The van der Waals surface area contributed by atoms with Gasteiger partial charge in [-0.25, -0.2) is 9.38 Å². The van der Waals surface area contributed by atoms with Crippen LogP contribution in [0.3, 0.4) is 0 Å². The molecule has 190 valence electrons. The first-order chi connectivity index (χ1) is 18.3. The van der Waals surface area contributed by atoms with Crippen LogP contribution in [0.2, 0.25) is 10.0 Å². The van der Waals surface area contributed by atoms with Crippen molar-refractivity contribution < 1.29 is 14.3 Å². The molecule has 6 nitrogen and oxygen atoms in total. The number of fused-ring (bicyclic) bond motifs is 2. The van der Waals surface area contributed by atoms with Crippen LogP contribution in [0.1, 0.15) is 11.1 Å². The fraction of sp³-hybridized carbons (Fsp3) is 0.103. The summed E-state index contributed by atoms with van der Waals surface area (Å²) in [5, 5.41) is 14.0. The van der Waals surface area contributed by atoms with E-state index in [0.29, 0.717) is 44.3 Å². The first-order valence-corrected chi connectivity index (χ1v) is 12.6. The van der Waals surface area contributed by atoms with E-state index in [1.165, 1.54) is 12.1 Å². The lowest BCUT2D eigenvalue weighted by molar-refractivity contribution is -0.117.